The zero-order valence-electron chi connectivity index (χ0n) is 9.33. The standard InChI is InChI=1S/C11H20N2O2/c1-3-13(10-4-5-10)7-6-12-8-9(2)11(14)15/h10,12H,2-8H2,1H3,(H,14,15). The van der Waals surface area contributed by atoms with Crippen molar-refractivity contribution in [3.63, 3.8) is 0 Å². The van der Waals surface area contributed by atoms with Crippen molar-refractivity contribution in [2.24, 2.45) is 0 Å². The van der Waals surface area contributed by atoms with Crippen LogP contribution in [0.25, 0.3) is 0 Å². The summed E-state index contributed by atoms with van der Waals surface area (Å²) in [5, 5.41) is 11.7. The van der Waals surface area contributed by atoms with Crippen LogP contribution in [-0.4, -0.2) is 48.2 Å². The lowest BCUT2D eigenvalue weighted by Crippen LogP contribution is -2.34. The lowest BCUT2D eigenvalue weighted by Gasteiger charge is -2.19. The van der Waals surface area contributed by atoms with E-state index in [4.69, 9.17) is 5.11 Å². The van der Waals surface area contributed by atoms with E-state index in [1.165, 1.54) is 12.8 Å². The molecule has 0 bridgehead atoms. The third-order valence-electron chi connectivity index (χ3n) is 2.69. The van der Waals surface area contributed by atoms with Crippen LogP contribution in [0.1, 0.15) is 19.8 Å². The minimum Gasteiger partial charge on any atom is -0.478 e. The van der Waals surface area contributed by atoms with E-state index >= 15 is 0 Å². The number of hydrogen-bond acceptors (Lipinski definition) is 3. The van der Waals surface area contributed by atoms with Crippen molar-refractivity contribution in [2.45, 2.75) is 25.8 Å². The highest BCUT2D eigenvalue weighted by Gasteiger charge is 2.26. The van der Waals surface area contributed by atoms with Gasteiger partial charge in [0, 0.05) is 31.2 Å². The van der Waals surface area contributed by atoms with E-state index in [-0.39, 0.29) is 5.57 Å². The summed E-state index contributed by atoms with van der Waals surface area (Å²) in [6.07, 6.45) is 2.63. The molecule has 0 aromatic heterocycles. The van der Waals surface area contributed by atoms with Gasteiger partial charge in [-0.3, -0.25) is 4.90 Å². The molecule has 1 rings (SSSR count). The Labute approximate surface area is 91.0 Å². The van der Waals surface area contributed by atoms with Crippen LogP contribution < -0.4 is 5.32 Å². The van der Waals surface area contributed by atoms with Gasteiger partial charge in [0.2, 0.25) is 0 Å². The molecule has 0 saturated heterocycles. The molecule has 1 fully saturated rings. The summed E-state index contributed by atoms with van der Waals surface area (Å²) in [6, 6.07) is 0.777. The van der Waals surface area contributed by atoms with E-state index in [1.54, 1.807) is 0 Å². The fourth-order valence-electron chi connectivity index (χ4n) is 1.58. The first-order valence-electron chi connectivity index (χ1n) is 5.51. The second-order valence-electron chi connectivity index (χ2n) is 3.95. The Kier molecular flexibility index (Phi) is 4.78. The van der Waals surface area contributed by atoms with Gasteiger partial charge in [0.1, 0.15) is 0 Å². The van der Waals surface area contributed by atoms with Crippen molar-refractivity contribution >= 4 is 5.97 Å². The Morgan fingerprint density at radius 3 is 2.73 bits per heavy atom. The Morgan fingerprint density at radius 2 is 2.27 bits per heavy atom. The van der Waals surface area contributed by atoms with Gasteiger partial charge in [-0.2, -0.15) is 0 Å². The lowest BCUT2D eigenvalue weighted by atomic mass is 10.3. The first kappa shape index (κ1) is 12.2. The molecule has 0 atom stereocenters. The summed E-state index contributed by atoms with van der Waals surface area (Å²) in [6.45, 7) is 8.90. The van der Waals surface area contributed by atoms with Crippen molar-refractivity contribution in [3.8, 4) is 0 Å². The number of hydrogen-bond donors (Lipinski definition) is 2. The normalized spacial score (nSPS) is 15.6. The topological polar surface area (TPSA) is 52.6 Å². The van der Waals surface area contributed by atoms with Crippen molar-refractivity contribution < 1.29 is 9.90 Å². The van der Waals surface area contributed by atoms with E-state index in [2.05, 4.69) is 23.7 Å². The average Bonchev–Trinajstić information content (AvgIpc) is 3.01. The first-order valence-corrected chi connectivity index (χ1v) is 5.51. The number of nitrogens with one attached hydrogen (secondary N) is 1. The summed E-state index contributed by atoms with van der Waals surface area (Å²) in [5.41, 5.74) is 0.226. The van der Waals surface area contributed by atoms with Crippen LogP contribution in [0.4, 0.5) is 0 Å². The maximum absolute atomic E-state index is 10.5. The number of aliphatic carboxylic acids is 1. The summed E-state index contributed by atoms with van der Waals surface area (Å²) in [5.74, 6) is -0.919. The van der Waals surface area contributed by atoms with Crippen LogP contribution in [0.15, 0.2) is 12.2 Å². The maximum atomic E-state index is 10.5. The van der Waals surface area contributed by atoms with Crippen LogP contribution in [-0.2, 0) is 4.79 Å². The van der Waals surface area contributed by atoms with Gasteiger partial charge < -0.3 is 10.4 Å². The number of likely N-dealkylation sites (N-methyl/N-ethyl adjacent to an activating group) is 1. The number of carboxylic acid groups (broad SMARTS) is 1. The maximum Gasteiger partial charge on any atom is 0.332 e. The summed E-state index contributed by atoms with van der Waals surface area (Å²) < 4.78 is 0. The van der Waals surface area contributed by atoms with Gasteiger partial charge in [-0.25, -0.2) is 4.79 Å². The summed E-state index contributed by atoms with van der Waals surface area (Å²) in [4.78, 5) is 12.9. The highest BCUT2D eigenvalue weighted by atomic mass is 16.4. The third-order valence-corrected chi connectivity index (χ3v) is 2.69. The molecule has 0 unspecified atom stereocenters. The van der Waals surface area contributed by atoms with Gasteiger partial charge in [-0.1, -0.05) is 13.5 Å². The number of carboxylic acids is 1. The minimum absolute atomic E-state index is 0.226. The minimum atomic E-state index is -0.919. The predicted molar refractivity (Wildman–Crippen MR) is 59.9 cm³/mol. The van der Waals surface area contributed by atoms with Crippen LogP contribution in [0.2, 0.25) is 0 Å². The Bertz CT molecular complexity index is 237. The average molecular weight is 212 g/mol. The molecule has 0 heterocycles. The molecule has 1 saturated carbocycles. The second kappa shape index (κ2) is 5.88. The molecule has 0 aromatic carbocycles. The number of carbonyl (C=O) groups is 1. The molecule has 0 radical (unpaired) electrons. The molecular weight excluding hydrogens is 192 g/mol. The summed E-state index contributed by atoms with van der Waals surface area (Å²) >= 11 is 0. The number of rotatable bonds is 8. The largest absolute Gasteiger partial charge is 0.478 e. The molecule has 4 nitrogen and oxygen atoms in total. The van der Waals surface area contributed by atoms with Crippen molar-refractivity contribution in [1.29, 1.82) is 0 Å². The molecule has 0 aromatic rings. The molecular formula is C11H20N2O2. The molecule has 0 spiro atoms. The molecule has 1 aliphatic rings. The predicted octanol–water partition coefficient (Wildman–Crippen LogP) is 0.701. The second-order valence-corrected chi connectivity index (χ2v) is 3.95. The molecule has 4 heteroatoms. The highest BCUT2D eigenvalue weighted by Crippen LogP contribution is 2.25. The zero-order valence-corrected chi connectivity index (χ0v) is 9.33. The zero-order chi connectivity index (χ0) is 11.3. The van der Waals surface area contributed by atoms with Gasteiger partial charge in [0.25, 0.3) is 0 Å². The molecule has 2 N–H and O–H groups in total. The van der Waals surface area contributed by atoms with Gasteiger partial charge in [-0.15, -0.1) is 0 Å². The Hall–Kier alpha value is -0.870. The van der Waals surface area contributed by atoms with E-state index in [0.717, 1.165) is 25.7 Å². The van der Waals surface area contributed by atoms with Crippen molar-refractivity contribution in [2.75, 3.05) is 26.2 Å². The quantitative estimate of drug-likeness (QED) is 0.459. The van der Waals surface area contributed by atoms with E-state index in [1.807, 2.05) is 0 Å². The van der Waals surface area contributed by atoms with Crippen LogP contribution in [0, 0.1) is 0 Å². The SMILES string of the molecule is C=C(CNCCN(CC)C1CC1)C(=O)O. The van der Waals surface area contributed by atoms with Gasteiger partial charge in [-0.05, 0) is 19.4 Å². The fourth-order valence-corrected chi connectivity index (χ4v) is 1.58. The molecule has 15 heavy (non-hydrogen) atoms. The summed E-state index contributed by atoms with van der Waals surface area (Å²) in [7, 11) is 0. The molecule has 1 aliphatic carbocycles. The van der Waals surface area contributed by atoms with E-state index in [9.17, 15) is 4.79 Å². The highest BCUT2D eigenvalue weighted by molar-refractivity contribution is 5.86. The molecule has 86 valence electrons. The van der Waals surface area contributed by atoms with Gasteiger partial charge in [0.05, 0.1) is 0 Å². The Balaban J connectivity index is 2.05. The lowest BCUT2D eigenvalue weighted by molar-refractivity contribution is -0.132. The van der Waals surface area contributed by atoms with E-state index in [0.29, 0.717) is 6.54 Å². The van der Waals surface area contributed by atoms with Gasteiger partial charge >= 0.3 is 5.97 Å². The van der Waals surface area contributed by atoms with Crippen molar-refractivity contribution in [1.82, 2.24) is 10.2 Å². The van der Waals surface area contributed by atoms with Gasteiger partial charge in [0.15, 0.2) is 0 Å². The number of nitrogens with zero attached hydrogens (tertiary/aromatic N) is 1. The third kappa shape index (κ3) is 4.44. The molecule has 0 aliphatic heterocycles. The monoisotopic (exact) mass is 212 g/mol. The first-order chi connectivity index (χ1) is 7.15. The fraction of sp³-hybridized carbons (Fsp3) is 0.727. The van der Waals surface area contributed by atoms with E-state index < -0.39 is 5.97 Å². The van der Waals surface area contributed by atoms with Crippen LogP contribution in [0.5, 0.6) is 0 Å². The Morgan fingerprint density at radius 1 is 1.60 bits per heavy atom. The van der Waals surface area contributed by atoms with Crippen LogP contribution in [0.3, 0.4) is 0 Å². The van der Waals surface area contributed by atoms with Crippen LogP contribution >= 0.6 is 0 Å². The molecule has 0 amide bonds. The van der Waals surface area contributed by atoms with Crippen molar-refractivity contribution in [3.05, 3.63) is 12.2 Å². The smallest absolute Gasteiger partial charge is 0.332 e.